The van der Waals surface area contributed by atoms with E-state index < -0.39 is 10.0 Å². The molecule has 0 spiro atoms. The predicted octanol–water partition coefficient (Wildman–Crippen LogP) is 2.31. The summed E-state index contributed by atoms with van der Waals surface area (Å²) in [7, 11) is -3.45. The van der Waals surface area contributed by atoms with Crippen molar-refractivity contribution >= 4 is 26.7 Å². The van der Waals surface area contributed by atoms with Crippen LogP contribution in [0.1, 0.15) is 24.7 Å². The highest BCUT2D eigenvalue weighted by Gasteiger charge is 2.29. The number of rotatable bonds is 4. The van der Waals surface area contributed by atoms with Crippen LogP contribution in [0.2, 0.25) is 0 Å². The fourth-order valence-corrected chi connectivity index (χ4v) is 5.42. The van der Waals surface area contributed by atoms with Gasteiger partial charge >= 0.3 is 0 Å². The van der Waals surface area contributed by atoms with Crippen LogP contribution in [0.15, 0.2) is 29.2 Å². The van der Waals surface area contributed by atoms with Gasteiger partial charge in [-0.15, -0.1) is 0 Å². The zero-order valence-corrected chi connectivity index (χ0v) is 15.6. The van der Waals surface area contributed by atoms with E-state index in [1.165, 1.54) is 11.5 Å². The molecule has 0 atom stereocenters. The van der Waals surface area contributed by atoms with E-state index in [1.807, 2.05) is 26.0 Å². The van der Waals surface area contributed by atoms with E-state index in [0.29, 0.717) is 31.0 Å². The quantitative estimate of drug-likeness (QED) is 0.831. The second kappa shape index (κ2) is 7.16. The number of hydrogen-bond donors (Lipinski definition) is 0. The maximum Gasteiger partial charge on any atom is 0.243 e. The molecule has 1 fully saturated rings. The van der Waals surface area contributed by atoms with Gasteiger partial charge in [0.25, 0.3) is 0 Å². The van der Waals surface area contributed by atoms with Crippen molar-refractivity contribution in [2.24, 2.45) is 0 Å². The van der Waals surface area contributed by atoms with E-state index in [0.717, 1.165) is 29.5 Å². The largest absolute Gasteiger partial charge is 0.345 e. The number of aryl methyl sites for hydroxylation is 2. The van der Waals surface area contributed by atoms with E-state index in [-0.39, 0.29) is 0 Å². The Hall–Kier alpha value is -1.51. The normalized spacial score (nSPS) is 17.0. The van der Waals surface area contributed by atoms with E-state index in [4.69, 9.17) is 0 Å². The maximum atomic E-state index is 13.0. The first kappa shape index (κ1) is 17.3. The lowest BCUT2D eigenvalue weighted by Crippen LogP contribution is -2.35. The molecule has 0 saturated carbocycles. The van der Waals surface area contributed by atoms with Gasteiger partial charge in [-0.3, -0.25) is 0 Å². The van der Waals surface area contributed by atoms with Crippen molar-refractivity contribution < 1.29 is 8.42 Å². The van der Waals surface area contributed by atoms with Gasteiger partial charge in [0.15, 0.2) is 0 Å². The summed E-state index contributed by atoms with van der Waals surface area (Å²) in [6.07, 6.45) is 1.49. The molecule has 0 amide bonds. The minimum atomic E-state index is -3.45. The molecular weight excluding hydrogens is 344 g/mol. The number of benzene rings is 1. The van der Waals surface area contributed by atoms with Crippen molar-refractivity contribution in [3.05, 3.63) is 35.7 Å². The molecule has 0 aliphatic carbocycles. The highest BCUT2D eigenvalue weighted by molar-refractivity contribution is 7.89. The van der Waals surface area contributed by atoms with Crippen LogP contribution in [0, 0.1) is 6.92 Å². The van der Waals surface area contributed by atoms with Crippen LogP contribution >= 0.6 is 11.5 Å². The van der Waals surface area contributed by atoms with Crippen LogP contribution in [0.5, 0.6) is 0 Å². The zero-order chi connectivity index (χ0) is 17.2. The molecule has 1 aromatic heterocycles. The van der Waals surface area contributed by atoms with Crippen LogP contribution in [-0.4, -0.2) is 48.3 Å². The molecule has 1 aliphatic rings. The Labute approximate surface area is 147 Å². The van der Waals surface area contributed by atoms with Crippen LogP contribution in [-0.2, 0) is 16.4 Å². The molecule has 8 heteroatoms. The number of sulfonamides is 1. The van der Waals surface area contributed by atoms with Gasteiger partial charge < -0.3 is 4.90 Å². The zero-order valence-electron chi connectivity index (χ0n) is 14.0. The topological polar surface area (TPSA) is 66.4 Å². The fraction of sp³-hybridized carbons (Fsp3) is 0.500. The molecule has 2 heterocycles. The molecule has 2 aromatic rings. The minimum Gasteiger partial charge on any atom is -0.345 e. The summed E-state index contributed by atoms with van der Waals surface area (Å²) in [6.45, 7) is 6.30. The van der Waals surface area contributed by atoms with Gasteiger partial charge in [0.1, 0.15) is 5.82 Å². The Kier molecular flexibility index (Phi) is 5.17. The number of anilines is 1. The van der Waals surface area contributed by atoms with Crippen LogP contribution in [0.3, 0.4) is 0 Å². The summed E-state index contributed by atoms with van der Waals surface area (Å²) in [4.78, 5) is 6.98. The van der Waals surface area contributed by atoms with E-state index >= 15 is 0 Å². The van der Waals surface area contributed by atoms with E-state index in [2.05, 4.69) is 14.3 Å². The van der Waals surface area contributed by atoms with Crippen LogP contribution in [0.4, 0.5) is 5.13 Å². The lowest BCUT2D eigenvalue weighted by atomic mass is 10.2. The summed E-state index contributed by atoms with van der Waals surface area (Å²) in [6, 6.07) is 7.28. The van der Waals surface area contributed by atoms with Crippen LogP contribution in [0.25, 0.3) is 0 Å². The minimum absolute atomic E-state index is 0.438. The number of aromatic nitrogens is 2. The Bertz CT molecular complexity index is 804. The van der Waals surface area contributed by atoms with Gasteiger partial charge in [-0.25, -0.2) is 13.4 Å². The van der Waals surface area contributed by atoms with Crippen LogP contribution < -0.4 is 4.90 Å². The smallest absolute Gasteiger partial charge is 0.243 e. The second-order valence-corrected chi connectivity index (χ2v) is 8.47. The van der Waals surface area contributed by atoms with Gasteiger partial charge in [0, 0.05) is 37.7 Å². The third-order valence-electron chi connectivity index (χ3n) is 4.21. The van der Waals surface area contributed by atoms with Crippen molar-refractivity contribution in [3.8, 4) is 0 Å². The Morgan fingerprint density at radius 2 is 1.96 bits per heavy atom. The molecule has 3 rings (SSSR count). The molecule has 1 saturated heterocycles. The van der Waals surface area contributed by atoms with E-state index in [9.17, 15) is 8.42 Å². The molecule has 1 aliphatic heterocycles. The van der Waals surface area contributed by atoms with Gasteiger partial charge in [0.05, 0.1) is 4.90 Å². The summed E-state index contributed by atoms with van der Waals surface area (Å²) < 4.78 is 31.9. The fourth-order valence-electron chi connectivity index (χ4n) is 2.93. The number of hydrogen-bond acceptors (Lipinski definition) is 6. The molecular formula is C16H22N4O2S2. The standard InChI is InChI=1S/C16H22N4O2S2/c1-3-14-7-4-5-8-15(14)24(21,22)20-10-6-9-19(11-12-20)16-17-13(2)18-23-16/h4-5,7-8H,3,6,9-12H2,1-2H3. The predicted molar refractivity (Wildman–Crippen MR) is 96.1 cm³/mol. The van der Waals surface area contributed by atoms with Crippen molar-refractivity contribution in [1.82, 2.24) is 13.7 Å². The van der Waals surface area contributed by atoms with Gasteiger partial charge in [0.2, 0.25) is 15.2 Å². The molecule has 1 aromatic carbocycles. The SMILES string of the molecule is CCc1ccccc1S(=O)(=O)N1CCCN(c2nc(C)ns2)CC1. The van der Waals surface area contributed by atoms with Gasteiger partial charge in [-0.05, 0) is 31.4 Å². The Morgan fingerprint density at radius 1 is 1.17 bits per heavy atom. The summed E-state index contributed by atoms with van der Waals surface area (Å²) in [5.74, 6) is 0.764. The monoisotopic (exact) mass is 366 g/mol. The summed E-state index contributed by atoms with van der Waals surface area (Å²) in [5, 5.41) is 0.876. The highest BCUT2D eigenvalue weighted by atomic mass is 32.2. The van der Waals surface area contributed by atoms with Crippen molar-refractivity contribution in [3.63, 3.8) is 0 Å². The molecule has 0 N–H and O–H groups in total. The lowest BCUT2D eigenvalue weighted by Gasteiger charge is -2.22. The first-order valence-corrected chi connectivity index (χ1v) is 10.4. The second-order valence-electron chi connectivity index (χ2n) is 5.83. The highest BCUT2D eigenvalue weighted by Crippen LogP contribution is 2.24. The third kappa shape index (κ3) is 3.45. The van der Waals surface area contributed by atoms with Crippen molar-refractivity contribution in [2.45, 2.75) is 31.6 Å². The van der Waals surface area contributed by atoms with Gasteiger partial charge in [-0.2, -0.15) is 8.68 Å². The molecule has 130 valence electrons. The Balaban J connectivity index is 1.80. The third-order valence-corrected chi connectivity index (χ3v) is 7.08. The lowest BCUT2D eigenvalue weighted by molar-refractivity contribution is 0.432. The molecule has 24 heavy (non-hydrogen) atoms. The van der Waals surface area contributed by atoms with Crippen molar-refractivity contribution in [1.29, 1.82) is 0 Å². The first-order chi connectivity index (χ1) is 11.5. The Morgan fingerprint density at radius 3 is 2.67 bits per heavy atom. The van der Waals surface area contributed by atoms with Crippen molar-refractivity contribution in [2.75, 3.05) is 31.1 Å². The first-order valence-electron chi connectivity index (χ1n) is 8.15. The summed E-state index contributed by atoms with van der Waals surface area (Å²) in [5.41, 5.74) is 0.873. The average Bonchev–Trinajstić information content (AvgIpc) is 2.86. The molecule has 0 bridgehead atoms. The molecule has 6 nitrogen and oxygen atoms in total. The maximum absolute atomic E-state index is 13.0. The van der Waals surface area contributed by atoms with Gasteiger partial charge in [-0.1, -0.05) is 25.1 Å². The molecule has 0 radical (unpaired) electrons. The number of nitrogens with zero attached hydrogens (tertiary/aromatic N) is 4. The molecule has 0 unspecified atom stereocenters. The average molecular weight is 367 g/mol. The van der Waals surface area contributed by atoms with E-state index in [1.54, 1.807) is 16.4 Å². The summed E-state index contributed by atoms with van der Waals surface area (Å²) >= 11 is 1.37.